The lowest BCUT2D eigenvalue weighted by molar-refractivity contribution is 0.318. The van der Waals surface area contributed by atoms with E-state index in [9.17, 15) is 0 Å². The van der Waals surface area contributed by atoms with Gasteiger partial charge in [-0.05, 0) is 63.0 Å². The van der Waals surface area contributed by atoms with E-state index in [0.29, 0.717) is 10.9 Å². The van der Waals surface area contributed by atoms with Crippen LogP contribution < -0.4 is 10.1 Å². The Morgan fingerprint density at radius 3 is 2.71 bits per heavy atom. The molecule has 0 unspecified atom stereocenters. The molecule has 21 heavy (non-hydrogen) atoms. The van der Waals surface area contributed by atoms with Crippen LogP contribution >= 0.6 is 11.6 Å². The van der Waals surface area contributed by atoms with Gasteiger partial charge in [-0.2, -0.15) is 5.10 Å². The first-order valence-electron chi connectivity index (χ1n) is 7.39. The molecule has 0 saturated carbocycles. The minimum absolute atomic E-state index is 0.702. The van der Waals surface area contributed by atoms with Gasteiger partial charge in [0.15, 0.2) is 5.75 Å². The molecule has 1 aliphatic heterocycles. The smallest absolute Gasteiger partial charge is 0.168 e. The molecular weight excluding hydrogens is 286 g/mol. The highest BCUT2D eigenvalue weighted by molar-refractivity contribution is 6.30. The van der Waals surface area contributed by atoms with Gasteiger partial charge in [-0.15, -0.1) is 0 Å². The van der Waals surface area contributed by atoms with Gasteiger partial charge in [-0.3, -0.25) is 4.68 Å². The minimum Gasteiger partial charge on any atom is -0.454 e. The quantitative estimate of drug-likeness (QED) is 0.937. The molecule has 1 aliphatic rings. The van der Waals surface area contributed by atoms with E-state index >= 15 is 0 Å². The van der Waals surface area contributed by atoms with Crippen LogP contribution in [-0.4, -0.2) is 22.9 Å². The van der Waals surface area contributed by atoms with E-state index in [1.54, 1.807) is 6.20 Å². The monoisotopic (exact) mass is 305 g/mol. The summed E-state index contributed by atoms with van der Waals surface area (Å²) in [5.74, 6) is 2.29. The Morgan fingerprint density at radius 1 is 1.29 bits per heavy atom. The number of halogens is 1. The third-order valence-electron chi connectivity index (χ3n) is 3.99. The fraction of sp³-hybridized carbons (Fsp3) is 0.438. The Kier molecular flexibility index (Phi) is 4.46. The van der Waals surface area contributed by atoms with Crippen molar-refractivity contribution >= 4 is 11.6 Å². The highest BCUT2D eigenvalue weighted by Gasteiger charge is 2.16. The van der Waals surface area contributed by atoms with Gasteiger partial charge in [0.2, 0.25) is 0 Å². The molecule has 0 bridgehead atoms. The summed E-state index contributed by atoms with van der Waals surface area (Å²) in [6.07, 6.45) is 4.23. The van der Waals surface area contributed by atoms with Gasteiger partial charge in [0.1, 0.15) is 5.75 Å². The summed E-state index contributed by atoms with van der Waals surface area (Å²) in [5.41, 5.74) is 1.07. The molecule has 4 nitrogen and oxygen atoms in total. The summed E-state index contributed by atoms with van der Waals surface area (Å²) in [6.45, 7) is 5.25. The van der Waals surface area contributed by atoms with E-state index in [2.05, 4.69) is 22.0 Å². The van der Waals surface area contributed by atoms with Crippen molar-refractivity contribution in [2.75, 3.05) is 13.1 Å². The summed E-state index contributed by atoms with van der Waals surface area (Å²) in [7, 11) is 0. The van der Waals surface area contributed by atoms with Crippen LogP contribution in [0, 0.1) is 12.8 Å². The molecule has 1 aromatic carbocycles. The molecule has 1 N–H and O–H groups in total. The summed E-state index contributed by atoms with van der Waals surface area (Å²) in [5, 5.41) is 8.57. The first-order chi connectivity index (χ1) is 10.2. The van der Waals surface area contributed by atoms with Crippen molar-refractivity contribution < 1.29 is 4.74 Å². The van der Waals surface area contributed by atoms with E-state index in [4.69, 9.17) is 16.3 Å². The van der Waals surface area contributed by atoms with Gasteiger partial charge >= 0.3 is 0 Å². The Bertz CT molecular complexity index is 588. The zero-order valence-electron chi connectivity index (χ0n) is 12.2. The molecule has 0 spiro atoms. The normalized spacial score (nSPS) is 16.1. The van der Waals surface area contributed by atoms with Crippen LogP contribution in [0.3, 0.4) is 0 Å². The predicted molar refractivity (Wildman–Crippen MR) is 84.1 cm³/mol. The Balaban J connectivity index is 1.68. The maximum Gasteiger partial charge on any atom is 0.168 e. The first-order valence-corrected chi connectivity index (χ1v) is 7.77. The second-order valence-corrected chi connectivity index (χ2v) is 5.96. The zero-order valence-corrected chi connectivity index (χ0v) is 12.9. The largest absolute Gasteiger partial charge is 0.454 e. The van der Waals surface area contributed by atoms with Crippen molar-refractivity contribution in [3.8, 4) is 11.5 Å². The zero-order chi connectivity index (χ0) is 14.7. The summed E-state index contributed by atoms with van der Waals surface area (Å²) in [4.78, 5) is 0. The molecule has 1 aromatic heterocycles. The molecule has 112 valence electrons. The molecule has 1 fully saturated rings. The van der Waals surface area contributed by atoms with E-state index < -0.39 is 0 Å². The number of rotatable bonds is 4. The number of nitrogens with zero attached hydrogens (tertiary/aromatic N) is 2. The highest BCUT2D eigenvalue weighted by Crippen LogP contribution is 2.26. The van der Waals surface area contributed by atoms with Crippen LogP contribution in [0.15, 0.2) is 30.5 Å². The highest BCUT2D eigenvalue weighted by atomic mass is 35.5. The van der Waals surface area contributed by atoms with E-state index in [1.165, 1.54) is 12.8 Å². The second-order valence-electron chi connectivity index (χ2n) is 5.53. The molecule has 2 heterocycles. The number of hydrogen-bond donors (Lipinski definition) is 1. The Morgan fingerprint density at radius 2 is 2.00 bits per heavy atom. The van der Waals surface area contributed by atoms with E-state index in [0.717, 1.165) is 36.8 Å². The SMILES string of the molecule is Cc1c(Oc2ccc(Cl)cc2)cnn1CC1CCNCC1. The number of hydrogen-bond acceptors (Lipinski definition) is 3. The number of nitrogens with one attached hydrogen (secondary N) is 1. The average molecular weight is 306 g/mol. The molecule has 1 saturated heterocycles. The van der Waals surface area contributed by atoms with E-state index in [-0.39, 0.29) is 0 Å². The fourth-order valence-electron chi connectivity index (χ4n) is 2.65. The summed E-state index contributed by atoms with van der Waals surface area (Å²) in [6, 6.07) is 7.38. The maximum absolute atomic E-state index is 5.88. The molecule has 0 aliphatic carbocycles. The Hall–Kier alpha value is -1.52. The molecule has 3 rings (SSSR count). The van der Waals surface area contributed by atoms with Crippen LogP contribution in [0.5, 0.6) is 11.5 Å². The van der Waals surface area contributed by atoms with Crippen molar-refractivity contribution in [2.45, 2.75) is 26.3 Å². The lowest BCUT2D eigenvalue weighted by atomic mass is 9.98. The van der Waals surface area contributed by atoms with Gasteiger partial charge in [-0.1, -0.05) is 11.6 Å². The van der Waals surface area contributed by atoms with Crippen LogP contribution in [0.1, 0.15) is 18.5 Å². The second kappa shape index (κ2) is 6.50. The minimum atomic E-state index is 0.702. The van der Waals surface area contributed by atoms with Crippen molar-refractivity contribution in [3.05, 3.63) is 41.2 Å². The number of benzene rings is 1. The first kappa shape index (κ1) is 14.4. The molecule has 0 amide bonds. The van der Waals surface area contributed by atoms with Gasteiger partial charge < -0.3 is 10.1 Å². The standard InChI is InChI=1S/C16H20ClN3O/c1-12-16(21-15-4-2-14(17)3-5-15)10-19-20(12)11-13-6-8-18-9-7-13/h2-5,10,13,18H,6-9,11H2,1H3. The fourth-order valence-corrected chi connectivity index (χ4v) is 2.78. The van der Waals surface area contributed by atoms with Gasteiger partial charge in [0, 0.05) is 11.6 Å². The van der Waals surface area contributed by atoms with Crippen LogP contribution in [0.25, 0.3) is 0 Å². The number of piperidine rings is 1. The molecule has 5 heteroatoms. The van der Waals surface area contributed by atoms with E-state index in [1.807, 2.05) is 24.3 Å². The van der Waals surface area contributed by atoms with Crippen LogP contribution in [-0.2, 0) is 6.54 Å². The lowest BCUT2D eigenvalue weighted by Gasteiger charge is -2.22. The Labute approximate surface area is 130 Å². The number of aromatic nitrogens is 2. The summed E-state index contributed by atoms with van der Waals surface area (Å²) >= 11 is 5.88. The molecule has 0 atom stereocenters. The van der Waals surface area contributed by atoms with Gasteiger partial charge in [-0.25, -0.2) is 0 Å². The molecule has 2 aromatic rings. The lowest BCUT2D eigenvalue weighted by Crippen LogP contribution is -2.30. The third-order valence-corrected chi connectivity index (χ3v) is 4.24. The van der Waals surface area contributed by atoms with Crippen LogP contribution in [0.2, 0.25) is 5.02 Å². The van der Waals surface area contributed by atoms with Crippen molar-refractivity contribution in [3.63, 3.8) is 0 Å². The third kappa shape index (κ3) is 3.57. The topological polar surface area (TPSA) is 39.1 Å². The molecule has 0 radical (unpaired) electrons. The van der Waals surface area contributed by atoms with Crippen molar-refractivity contribution in [1.82, 2.24) is 15.1 Å². The van der Waals surface area contributed by atoms with Crippen molar-refractivity contribution in [2.24, 2.45) is 5.92 Å². The van der Waals surface area contributed by atoms with Crippen molar-refractivity contribution in [1.29, 1.82) is 0 Å². The summed E-state index contributed by atoms with van der Waals surface area (Å²) < 4.78 is 7.94. The maximum atomic E-state index is 5.88. The number of ether oxygens (including phenoxy) is 1. The van der Waals surface area contributed by atoms with Gasteiger partial charge in [0.05, 0.1) is 11.9 Å². The average Bonchev–Trinajstić information content (AvgIpc) is 2.84. The van der Waals surface area contributed by atoms with Crippen LogP contribution in [0.4, 0.5) is 0 Å². The van der Waals surface area contributed by atoms with Gasteiger partial charge in [0.25, 0.3) is 0 Å². The predicted octanol–water partition coefficient (Wildman–Crippen LogP) is 3.64. The molecular formula is C16H20ClN3O.